The fourth-order valence-corrected chi connectivity index (χ4v) is 3.09. The number of nitrogens with two attached hydrogens (primary N) is 1. The fraction of sp³-hybridized carbons (Fsp3) is 0.130. The summed E-state index contributed by atoms with van der Waals surface area (Å²) < 4.78 is 5.70. The largest absolute Gasteiger partial charge is 0.494 e. The second-order valence-electron chi connectivity index (χ2n) is 5.94. The molecule has 0 aromatic heterocycles. The molecule has 0 atom stereocenters. The number of rotatable bonds is 7. The highest BCUT2D eigenvalue weighted by molar-refractivity contribution is 6.53. The average molecular weight is 364 g/mol. The van der Waals surface area contributed by atoms with E-state index in [0.717, 1.165) is 39.5 Å². The van der Waals surface area contributed by atoms with E-state index in [2.05, 4.69) is 12.1 Å². The average Bonchev–Trinajstić information content (AvgIpc) is 2.71. The summed E-state index contributed by atoms with van der Waals surface area (Å²) in [6.45, 7) is 1.26. The molecule has 3 aromatic carbocycles. The molecular weight excluding hydrogens is 342 g/mol. The van der Waals surface area contributed by atoms with Crippen molar-refractivity contribution in [2.75, 3.05) is 13.2 Å². The second kappa shape index (κ2) is 9.23. The Labute approximate surface area is 159 Å². The summed E-state index contributed by atoms with van der Waals surface area (Å²) in [7, 11) is 0. The molecule has 3 aromatic rings. The minimum Gasteiger partial charge on any atom is -0.494 e. The molecule has 2 nitrogen and oxygen atoms in total. The number of halogens is 1. The Hall–Kier alpha value is -2.55. The van der Waals surface area contributed by atoms with Gasteiger partial charge >= 0.3 is 0 Å². The lowest BCUT2D eigenvalue weighted by Crippen LogP contribution is -2.06. The summed E-state index contributed by atoms with van der Waals surface area (Å²) in [5.41, 5.74) is 9.65. The first-order valence-corrected chi connectivity index (χ1v) is 9.11. The molecular formula is C23H22ClNO. The lowest BCUT2D eigenvalue weighted by Gasteiger charge is -2.13. The third-order valence-electron chi connectivity index (χ3n) is 4.07. The van der Waals surface area contributed by atoms with E-state index in [1.165, 1.54) is 0 Å². The Morgan fingerprint density at radius 2 is 1.27 bits per heavy atom. The molecule has 3 rings (SSSR count). The van der Waals surface area contributed by atoms with Gasteiger partial charge in [0.15, 0.2) is 0 Å². The standard InChI is InChI=1S/C23H22ClNO/c24-23(20-10-5-2-6-11-20)22(18-8-3-1-4-9-18)19-12-14-21(15-13-19)26-17-7-16-25/h1-6,8-15H,7,16-17,25H2/b23-22-. The third-order valence-corrected chi connectivity index (χ3v) is 4.48. The van der Waals surface area contributed by atoms with Crippen molar-refractivity contribution < 1.29 is 4.74 Å². The summed E-state index contributed by atoms with van der Waals surface area (Å²) in [6, 6.07) is 28.3. The van der Waals surface area contributed by atoms with E-state index in [1.807, 2.05) is 72.8 Å². The van der Waals surface area contributed by atoms with Crippen molar-refractivity contribution in [3.8, 4) is 5.75 Å². The minimum atomic E-state index is 0.627. The minimum absolute atomic E-state index is 0.627. The normalized spacial score (nSPS) is 11.8. The maximum absolute atomic E-state index is 6.82. The van der Waals surface area contributed by atoms with Crippen LogP contribution in [0.4, 0.5) is 0 Å². The van der Waals surface area contributed by atoms with Crippen molar-refractivity contribution in [1.82, 2.24) is 0 Å². The van der Waals surface area contributed by atoms with Crippen LogP contribution in [0.15, 0.2) is 84.9 Å². The van der Waals surface area contributed by atoms with Crippen LogP contribution < -0.4 is 10.5 Å². The van der Waals surface area contributed by atoms with Crippen LogP contribution in [0.3, 0.4) is 0 Å². The molecule has 0 amide bonds. The van der Waals surface area contributed by atoms with Crippen molar-refractivity contribution in [1.29, 1.82) is 0 Å². The monoisotopic (exact) mass is 363 g/mol. The number of ether oxygens (including phenoxy) is 1. The summed E-state index contributed by atoms with van der Waals surface area (Å²) in [5.74, 6) is 0.838. The highest BCUT2D eigenvalue weighted by atomic mass is 35.5. The second-order valence-corrected chi connectivity index (χ2v) is 6.31. The maximum Gasteiger partial charge on any atom is 0.119 e. The molecule has 2 N–H and O–H groups in total. The summed E-state index contributed by atoms with van der Waals surface area (Å²) in [6.07, 6.45) is 0.844. The van der Waals surface area contributed by atoms with E-state index in [4.69, 9.17) is 22.1 Å². The lowest BCUT2D eigenvalue weighted by molar-refractivity contribution is 0.313. The molecule has 132 valence electrons. The van der Waals surface area contributed by atoms with Crippen molar-refractivity contribution >= 4 is 22.2 Å². The number of hydrogen-bond acceptors (Lipinski definition) is 2. The van der Waals surface area contributed by atoms with Crippen LogP contribution in [0.5, 0.6) is 5.75 Å². The zero-order chi connectivity index (χ0) is 18.2. The summed E-state index contributed by atoms with van der Waals surface area (Å²) in [4.78, 5) is 0. The van der Waals surface area contributed by atoms with Gasteiger partial charge < -0.3 is 10.5 Å². The molecule has 0 heterocycles. The van der Waals surface area contributed by atoms with E-state index < -0.39 is 0 Å². The molecule has 0 saturated carbocycles. The molecule has 0 fully saturated rings. The van der Waals surface area contributed by atoms with Crippen molar-refractivity contribution in [2.24, 2.45) is 5.73 Å². The van der Waals surface area contributed by atoms with Gasteiger partial charge in [-0.05, 0) is 41.8 Å². The molecule has 0 spiro atoms. The molecule has 0 aliphatic rings. The van der Waals surface area contributed by atoms with E-state index in [-0.39, 0.29) is 0 Å². The van der Waals surface area contributed by atoms with Crippen LogP contribution in [-0.4, -0.2) is 13.2 Å². The van der Waals surface area contributed by atoms with Gasteiger partial charge in [0, 0.05) is 5.57 Å². The highest BCUT2D eigenvalue weighted by Gasteiger charge is 2.12. The van der Waals surface area contributed by atoms with E-state index in [0.29, 0.717) is 13.2 Å². The Kier molecular flexibility index (Phi) is 6.48. The molecule has 0 unspecified atom stereocenters. The zero-order valence-corrected chi connectivity index (χ0v) is 15.3. The van der Waals surface area contributed by atoms with E-state index >= 15 is 0 Å². The van der Waals surface area contributed by atoms with Crippen LogP contribution >= 0.6 is 11.6 Å². The highest BCUT2D eigenvalue weighted by Crippen LogP contribution is 2.35. The topological polar surface area (TPSA) is 35.2 Å². The van der Waals surface area contributed by atoms with Gasteiger partial charge in [0.2, 0.25) is 0 Å². The van der Waals surface area contributed by atoms with Gasteiger partial charge in [-0.25, -0.2) is 0 Å². The lowest BCUT2D eigenvalue weighted by atomic mass is 9.95. The fourth-order valence-electron chi connectivity index (χ4n) is 2.74. The van der Waals surface area contributed by atoms with Gasteiger partial charge in [0.25, 0.3) is 0 Å². The molecule has 0 saturated heterocycles. The first-order chi connectivity index (χ1) is 12.8. The van der Waals surface area contributed by atoms with Gasteiger partial charge in [0.1, 0.15) is 5.75 Å². The molecule has 3 heteroatoms. The zero-order valence-electron chi connectivity index (χ0n) is 14.6. The number of benzene rings is 3. The van der Waals surface area contributed by atoms with Crippen molar-refractivity contribution in [2.45, 2.75) is 6.42 Å². The SMILES string of the molecule is NCCCOc1ccc(/C(=C(\Cl)c2ccccc2)c2ccccc2)cc1. The van der Waals surface area contributed by atoms with Gasteiger partial charge in [-0.3, -0.25) is 0 Å². The molecule has 26 heavy (non-hydrogen) atoms. The Morgan fingerprint density at radius 3 is 1.85 bits per heavy atom. The Bertz CT molecular complexity index is 842. The van der Waals surface area contributed by atoms with Gasteiger partial charge in [0.05, 0.1) is 11.6 Å². The van der Waals surface area contributed by atoms with Crippen LogP contribution in [-0.2, 0) is 0 Å². The summed E-state index contributed by atoms with van der Waals surface area (Å²) >= 11 is 6.82. The summed E-state index contributed by atoms with van der Waals surface area (Å²) in [5, 5.41) is 0.730. The van der Waals surface area contributed by atoms with E-state index in [9.17, 15) is 0 Å². The van der Waals surface area contributed by atoms with Crippen LogP contribution in [0, 0.1) is 0 Å². The van der Waals surface area contributed by atoms with Gasteiger partial charge in [-0.1, -0.05) is 84.4 Å². The smallest absolute Gasteiger partial charge is 0.119 e. The van der Waals surface area contributed by atoms with Crippen LogP contribution in [0.2, 0.25) is 0 Å². The van der Waals surface area contributed by atoms with Gasteiger partial charge in [-0.15, -0.1) is 0 Å². The molecule has 0 radical (unpaired) electrons. The number of hydrogen-bond donors (Lipinski definition) is 1. The molecule has 0 bridgehead atoms. The first-order valence-electron chi connectivity index (χ1n) is 8.73. The Morgan fingerprint density at radius 1 is 0.731 bits per heavy atom. The first kappa shape index (κ1) is 18.2. The maximum atomic E-state index is 6.82. The van der Waals surface area contributed by atoms with Crippen LogP contribution in [0.1, 0.15) is 23.1 Å². The predicted molar refractivity (Wildman–Crippen MR) is 110 cm³/mol. The van der Waals surface area contributed by atoms with Crippen molar-refractivity contribution in [3.63, 3.8) is 0 Å². The third kappa shape index (κ3) is 4.54. The Balaban J connectivity index is 1.99. The molecule has 0 aliphatic carbocycles. The van der Waals surface area contributed by atoms with Crippen LogP contribution in [0.25, 0.3) is 10.6 Å². The van der Waals surface area contributed by atoms with Gasteiger partial charge in [-0.2, -0.15) is 0 Å². The van der Waals surface area contributed by atoms with Crippen molar-refractivity contribution in [3.05, 3.63) is 102 Å². The van der Waals surface area contributed by atoms with E-state index in [1.54, 1.807) is 0 Å². The molecule has 0 aliphatic heterocycles. The quantitative estimate of drug-likeness (QED) is 0.440. The predicted octanol–water partition coefficient (Wildman–Crippen LogP) is 5.57.